The normalized spacial score (nSPS) is 28.0. The molecule has 2 aliphatic carbocycles. The molecule has 2 aromatic rings. The van der Waals surface area contributed by atoms with Gasteiger partial charge in [-0.3, -0.25) is 4.79 Å². The summed E-state index contributed by atoms with van der Waals surface area (Å²) in [5, 5.41) is 33.3. The lowest BCUT2D eigenvalue weighted by atomic mass is 9.52. The Morgan fingerprint density at radius 2 is 1.84 bits per heavy atom. The van der Waals surface area contributed by atoms with Crippen LogP contribution in [0.25, 0.3) is 0 Å². The summed E-state index contributed by atoms with van der Waals surface area (Å²) in [5.74, 6) is -1.27. The Morgan fingerprint density at radius 3 is 2.50 bits per heavy atom. The average Bonchev–Trinajstić information content (AvgIpc) is 3.33. The van der Waals surface area contributed by atoms with Crippen LogP contribution in [0.1, 0.15) is 49.0 Å². The van der Waals surface area contributed by atoms with Gasteiger partial charge in [0, 0.05) is 18.0 Å². The molecule has 1 fully saturated rings. The quantitative estimate of drug-likeness (QED) is 0.338. The number of aliphatic hydroxyl groups is 2. The van der Waals surface area contributed by atoms with Gasteiger partial charge in [0.1, 0.15) is 5.76 Å². The van der Waals surface area contributed by atoms with E-state index in [2.05, 4.69) is 4.90 Å². The molecule has 1 saturated heterocycles. The standard InChI is InChI=1S/C29H31NO8.C2HF3O/c1-16(36-27(34)23(32)17-7-4-3-5-8-17)26(33)37-20-11-13-29(35)21-15-18-9-10-19(31)24-22(18)28(29,25(20)38-24)12-6-14-30(21)2;3-2(4,5)1-6/h3-5,7-11,16,21,23,25,31-32,35H,6,12-15H2,1-2H3;1H/t16-,21+,23-,25-,28-,29+;/m0./s1. The van der Waals surface area contributed by atoms with Gasteiger partial charge >= 0.3 is 18.1 Å². The van der Waals surface area contributed by atoms with Crippen LogP contribution in [0.15, 0.2) is 54.3 Å². The number of hydrogen-bond donors (Lipinski definition) is 3. The molecule has 2 aromatic carbocycles. The van der Waals surface area contributed by atoms with Crippen molar-refractivity contribution in [3.63, 3.8) is 0 Å². The van der Waals surface area contributed by atoms with Crippen LogP contribution in [-0.4, -0.2) is 82.1 Å². The summed E-state index contributed by atoms with van der Waals surface area (Å²) >= 11 is 0. The number of phenolic OH excluding ortho intramolecular Hbond substituents is 1. The second-order valence-corrected chi connectivity index (χ2v) is 11.4. The van der Waals surface area contributed by atoms with Gasteiger partial charge in [-0.15, -0.1) is 0 Å². The highest BCUT2D eigenvalue weighted by atomic mass is 19.4. The molecule has 4 aliphatic rings. The fourth-order valence-corrected chi connectivity index (χ4v) is 6.95. The zero-order valence-electron chi connectivity index (χ0n) is 23.9. The summed E-state index contributed by atoms with van der Waals surface area (Å²) in [5.41, 5.74) is 0.0576. The van der Waals surface area contributed by atoms with E-state index in [0.29, 0.717) is 24.2 Å². The van der Waals surface area contributed by atoms with E-state index in [0.717, 1.165) is 24.1 Å². The lowest BCUT2D eigenvalue weighted by Gasteiger charge is -2.56. The van der Waals surface area contributed by atoms with E-state index in [1.807, 2.05) is 13.1 Å². The van der Waals surface area contributed by atoms with Gasteiger partial charge in [0.25, 0.3) is 0 Å². The van der Waals surface area contributed by atoms with E-state index < -0.39 is 53.7 Å². The number of benzene rings is 2. The molecule has 13 heteroatoms. The van der Waals surface area contributed by atoms with Gasteiger partial charge in [0.2, 0.25) is 6.29 Å². The van der Waals surface area contributed by atoms with Crippen molar-refractivity contribution in [2.45, 2.75) is 74.2 Å². The SMILES string of the molecule is C[C@H](OC(=O)[C@@H](O)c1ccccc1)C(=O)OC1=CC[C@@]2(O)[C@H]3Cc4ccc(O)c5c4[C@@]2(CCCN3C)[C@H]1O5.O=CC(F)(F)F. The van der Waals surface area contributed by atoms with Crippen molar-refractivity contribution in [1.82, 2.24) is 4.90 Å². The fraction of sp³-hybridized carbons (Fsp3) is 0.452. The molecular weight excluding hydrogens is 587 g/mol. The Labute approximate surface area is 250 Å². The Bertz CT molecular complexity index is 1480. The Kier molecular flexibility index (Phi) is 8.25. The van der Waals surface area contributed by atoms with Gasteiger partial charge in [0.15, 0.2) is 29.8 Å². The summed E-state index contributed by atoms with van der Waals surface area (Å²) in [4.78, 5) is 36.4. The van der Waals surface area contributed by atoms with Crippen molar-refractivity contribution >= 4 is 18.2 Å². The molecule has 10 nitrogen and oxygen atoms in total. The van der Waals surface area contributed by atoms with Crippen LogP contribution in [0.4, 0.5) is 13.2 Å². The molecule has 44 heavy (non-hydrogen) atoms. The number of rotatable bonds is 5. The van der Waals surface area contributed by atoms with E-state index in [-0.39, 0.29) is 24.0 Å². The smallest absolute Gasteiger partial charge is 0.446 e. The number of likely N-dealkylation sites (N-methyl/N-ethyl adjacent to an activating group) is 1. The zero-order chi connectivity index (χ0) is 32.0. The number of ether oxygens (including phenoxy) is 3. The summed E-state index contributed by atoms with van der Waals surface area (Å²) < 4.78 is 48.6. The molecule has 3 N–H and O–H groups in total. The predicted octanol–water partition coefficient (Wildman–Crippen LogP) is 3.02. The van der Waals surface area contributed by atoms with E-state index in [1.165, 1.54) is 6.92 Å². The zero-order valence-corrected chi connectivity index (χ0v) is 23.9. The number of hydrogen-bond acceptors (Lipinski definition) is 10. The molecule has 2 aliphatic heterocycles. The van der Waals surface area contributed by atoms with Gasteiger partial charge in [-0.25, -0.2) is 9.59 Å². The monoisotopic (exact) mass is 619 g/mol. The number of halogens is 3. The van der Waals surface area contributed by atoms with Crippen LogP contribution >= 0.6 is 0 Å². The van der Waals surface area contributed by atoms with Gasteiger partial charge in [0.05, 0.1) is 11.0 Å². The highest BCUT2D eigenvalue weighted by Crippen LogP contribution is 2.64. The van der Waals surface area contributed by atoms with Gasteiger partial charge < -0.3 is 34.4 Å². The minimum Gasteiger partial charge on any atom is -0.504 e. The summed E-state index contributed by atoms with van der Waals surface area (Å²) in [6.45, 7) is 2.17. The number of carbonyl (C=O) groups is 3. The molecular formula is C31H32F3NO9. The number of phenols is 1. The highest BCUT2D eigenvalue weighted by molar-refractivity contribution is 5.82. The van der Waals surface area contributed by atoms with Crippen molar-refractivity contribution in [2.75, 3.05) is 13.6 Å². The maximum absolute atomic E-state index is 13.1. The largest absolute Gasteiger partial charge is 0.504 e. The van der Waals surface area contributed by atoms with Crippen molar-refractivity contribution in [2.24, 2.45) is 0 Å². The van der Waals surface area contributed by atoms with Crippen LogP contribution in [0, 0.1) is 0 Å². The molecule has 0 amide bonds. The molecule has 2 bridgehead atoms. The molecule has 6 atom stereocenters. The second-order valence-electron chi connectivity index (χ2n) is 11.4. The lowest BCUT2D eigenvalue weighted by molar-refractivity contribution is -0.172. The Hall–Kier alpha value is -3.94. The van der Waals surface area contributed by atoms with Crippen molar-refractivity contribution < 1.29 is 57.1 Å². The van der Waals surface area contributed by atoms with E-state index >= 15 is 0 Å². The second kappa shape index (κ2) is 11.5. The molecule has 0 unspecified atom stereocenters. The molecule has 0 aromatic heterocycles. The van der Waals surface area contributed by atoms with E-state index in [1.54, 1.807) is 42.5 Å². The topological polar surface area (TPSA) is 143 Å². The number of esters is 2. The van der Waals surface area contributed by atoms with Crippen LogP contribution in [0.3, 0.4) is 0 Å². The van der Waals surface area contributed by atoms with Gasteiger partial charge in [-0.2, -0.15) is 13.2 Å². The third-order valence-corrected chi connectivity index (χ3v) is 8.89. The van der Waals surface area contributed by atoms with Crippen molar-refractivity contribution in [3.05, 3.63) is 71.0 Å². The first-order chi connectivity index (χ1) is 20.7. The minimum atomic E-state index is -4.64. The maximum Gasteiger partial charge on any atom is 0.446 e. The number of likely N-dealkylation sites (tertiary alicyclic amines) is 1. The van der Waals surface area contributed by atoms with Gasteiger partial charge in [-0.05, 0) is 63.0 Å². The first-order valence-electron chi connectivity index (χ1n) is 14.1. The number of nitrogens with zero attached hydrogens (tertiary/aromatic N) is 1. The number of aldehydes is 1. The number of aromatic hydroxyl groups is 1. The molecule has 0 saturated carbocycles. The first-order valence-corrected chi connectivity index (χ1v) is 14.1. The van der Waals surface area contributed by atoms with Crippen molar-refractivity contribution in [3.8, 4) is 11.5 Å². The molecule has 1 spiro atoms. The third kappa shape index (κ3) is 5.22. The van der Waals surface area contributed by atoms with Crippen LogP contribution < -0.4 is 4.74 Å². The maximum atomic E-state index is 13.1. The number of aliphatic hydroxyl groups excluding tert-OH is 1. The highest BCUT2D eigenvalue weighted by Gasteiger charge is 2.71. The molecule has 6 rings (SSSR count). The number of carbonyl (C=O) groups excluding carboxylic acids is 3. The molecule has 236 valence electrons. The molecule has 2 heterocycles. The third-order valence-electron chi connectivity index (χ3n) is 8.89. The Morgan fingerprint density at radius 1 is 1.16 bits per heavy atom. The van der Waals surface area contributed by atoms with E-state index in [4.69, 9.17) is 19.0 Å². The van der Waals surface area contributed by atoms with E-state index in [9.17, 15) is 38.1 Å². The van der Waals surface area contributed by atoms with Crippen LogP contribution in [-0.2, 0) is 35.7 Å². The number of alkyl halides is 3. The van der Waals surface area contributed by atoms with Crippen LogP contribution in [0.2, 0.25) is 0 Å². The average molecular weight is 620 g/mol. The Balaban J connectivity index is 0.000000584. The summed E-state index contributed by atoms with van der Waals surface area (Å²) in [7, 11) is 2.01. The van der Waals surface area contributed by atoms with Crippen LogP contribution in [0.5, 0.6) is 11.5 Å². The lowest BCUT2D eigenvalue weighted by Crippen LogP contribution is -2.69. The van der Waals surface area contributed by atoms with Gasteiger partial charge in [-0.1, -0.05) is 36.4 Å². The minimum absolute atomic E-state index is 0.0196. The summed E-state index contributed by atoms with van der Waals surface area (Å²) in [6.07, 6.45) is -5.47. The molecule has 0 radical (unpaired) electrons. The van der Waals surface area contributed by atoms with Crippen molar-refractivity contribution in [1.29, 1.82) is 0 Å². The first kappa shape index (κ1) is 31.5. The fourth-order valence-electron chi connectivity index (χ4n) is 6.95. The predicted molar refractivity (Wildman–Crippen MR) is 146 cm³/mol. The summed E-state index contributed by atoms with van der Waals surface area (Å²) in [6, 6.07) is 11.6.